The summed E-state index contributed by atoms with van der Waals surface area (Å²) < 4.78 is 13.5. The lowest BCUT2D eigenvalue weighted by Gasteiger charge is -2.34. The Bertz CT molecular complexity index is 693. The third-order valence-corrected chi connectivity index (χ3v) is 4.14. The fraction of sp³-hybridized carbons (Fsp3) is 0.278. The third kappa shape index (κ3) is 3.68. The van der Waals surface area contributed by atoms with E-state index in [0.29, 0.717) is 5.96 Å². The van der Waals surface area contributed by atoms with Gasteiger partial charge in [0.1, 0.15) is 5.82 Å². The first-order valence-electron chi connectivity index (χ1n) is 7.77. The lowest BCUT2D eigenvalue weighted by molar-refractivity contribution is 0.214. The van der Waals surface area contributed by atoms with Gasteiger partial charge in [0.2, 0.25) is 0 Å². The number of nitrogens with one attached hydrogen (secondary N) is 2. The summed E-state index contributed by atoms with van der Waals surface area (Å²) in [6, 6.07) is 14.2. The van der Waals surface area contributed by atoms with E-state index in [2.05, 4.69) is 17.3 Å². The summed E-state index contributed by atoms with van der Waals surface area (Å²) in [6.45, 7) is 3.58. The van der Waals surface area contributed by atoms with Crippen molar-refractivity contribution in [2.75, 3.05) is 38.5 Å². The summed E-state index contributed by atoms with van der Waals surface area (Å²) in [5.41, 5.74) is 2.52. The number of anilines is 1. The molecule has 2 N–H and O–H groups in total. The molecule has 4 nitrogen and oxygen atoms in total. The van der Waals surface area contributed by atoms with Crippen LogP contribution in [-0.2, 0) is 0 Å². The molecule has 1 aliphatic rings. The smallest absolute Gasteiger partial charge is 0.195 e. The van der Waals surface area contributed by atoms with Crippen molar-refractivity contribution in [1.82, 2.24) is 9.80 Å². The molecule has 0 unspecified atom stereocenters. The van der Waals surface area contributed by atoms with Gasteiger partial charge in [-0.1, -0.05) is 30.3 Å². The molecule has 0 atom stereocenters. The minimum Gasteiger partial charge on any atom is -0.340 e. The van der Waals surface area contributed by atoms with Gasteiger partial charge in [0, 0.05) is 37.4 Å². The van der Waals surface area contributed by atoms with Crippen LogP contribution in [0.3, 0.4) is 0 Å². The Morgan fingerprint density at radius 2 is 1.78 bits per heavy atom. The lowest BCUT2D eigenvalue weighted by Crippen LogP contribution is -2.48. The van der Waals surface area contributed by atoms with Crippen molar-refractivity contribution in [3.05, 3.63) is 54.3 Å². The third-order valence-electron chi connectivity index (χ3n) is 4.14. The van der Waals surface area contributed by atoms with Crippen LogP contribution in [0.5, 0.6) is 0 Å². The number of rotatable bonds is 2. The number of likely N-dealkylation sites (N-methyl/N-ethyl adjacent to an activating group) is 1. The molecule has 3 rings (SSSR count). The van der Waals surface area contributed by atoms with E-state index in [0.717, 1.165) is 43.0 Å². The van der Waals surface area contributed by atoms with Crippen LogP contribution in [0.15, 0.2) is 48.5 Å². The van der Waals surface area contributed by atoms with Gasteiger partial charge < -0.3 is 15.1 Å². The number of halogens is 1. The first kappa shape index (κ1) is 15.5. The number of benzene rings is 2. The van der Waals surface area contributed by atoms with Crippen molar-refractivity contribution < 1.29 is 4.39 Å². The molecule has 0 spiro atoms. The molecule has 0 amide bonds. The molecule has 1 aliphatic heterocycles. The molecule has 5 heteroatoms. The fourth-order valence-corrected chi connectivity index (χ4v) is 2.74. The quantitative estimate of drug-likeness (QED) is 0.661. The van der Waals surface area contributed by atoms with Crippen molar-refractivity contribution in [3.8, 4) is 11.1 Å². The van der Waals surface area contributed by atoms with Crippen molar-refractivity contribution in [2.45, 2.75) is 0 Å². The van der Waals surface area contributed by atoms with Gasteiger partial charge in [0.05, 0.1) is 0 Å². The zero-order chi connectivity index (χ0) is 16.2. The first-order chi connectivity index (χ1) is 11.1. The molecule has 120 valence electrons. The summed E-state index contributed by atoms with van der Waals surface area (Å²) in [5.74, 6) is 0.133. The van der Waals surface area contributed by atoms with Crippen molar-refractivity contribution in [2.24, 2.45) is 0 Å². The van der Waals surface area contributed by atoms with Gasteiger partial charge in [-0.3, -0.25) is 5.41 Å². The predicted molar refractivity (Wildman–Crippen MR) is 92.3 cm³/mol. The number of piperazine rings is 1. The van der Waals surface area contributed by atoms with Crippen LogP contribution >= 0.6 is 0 Å². The molecule has 0 aliphatic carbocycles. The second-order valence-electron chi connectivity index (χ2n) is 5.82. The van der Waals surface area contributed by atoms with Crippen molar-refractivity contribution in [3.63, 3.8) is 0 Å². The standard InChI is InChI=1S/C18H21FN4/c1-22-9-11-23(12-10-22)18(20)21-17-8-3-2-7-16(17)14-5-4-6-15(19)13-14/h2-8,13H,9-12H2,1H3,(H2,20,21). The molecule has 0 radical (unpaired) electrons. The summed E-state index contributed by atoms with van der Waals surface area (Å²) in [5, 5.41) is 11.5. The van der Waals surface area contributed by atoms with E-state index in [9.17, 15) is 4.39 Å². The largest absolute Gasteiger partial charge is 0.340 e. The Labute approximate surface area is 136 Å². The minimum absolute atomic E-state index is 0.258. The van der Waals surface area contributed by atoms with E-state index < -0.39 is 0 Å². The van der Waals surface area contributed by atoms with E-state index in [-0.39, 0.29) is 5.82 Å². The Morgan fingerprint density at radius 3 is 2.52 bits per heavy atom. The molecule has 2 aromatic rings. The van der Waals surface area contributed by atoms with Crippen molar-refractivity contribution >= 4 is 11.6 Å². The van der Waals surface area contributed by atoms with E-state index in [4.69, 9.17) is 5.41 Å². The SMILES string of the molecule is CN1CCN(C(=N)Nc2ccccc2-c2cccc(F)c2)CC1. The summed E-state index contributed by atoms with van der Waals surface area (Å²) >= 11 is 0. The van der Waals surface area contributed by atoms with E-state index in [1.54, 1.807) is 6.07 Å². The molecule has 1 heterocycles. The molecule has 0 bridgehead atoms. The highest BCUT2D eigenvalue weighted by atomic mass is 19.1. The highest BCUT2D eigenvalue weighted by molar-refractivity contribution is 5.95. The van der Waals surface area contributed by atoms with Gasteiger partial charge in [0.25, 0.3) is 0 Å². The average molecular weight is 312 g/mol. The molecular formula is C18H21FN4. The van der Waals surface area contributed by atoms with Crippen LogP contribution in [0.1, 0.15) is 0 Å². The van der Waals surface area contributed by atoms with Gasteiger partial charge in [-0.15, -0.1) is 0 Å². The number of para-hydroxylation sites is 1. The topological polar surface area (TPSA) is 42.4 Å². The van der Waals surface area contributed by atoms with Gasteiger partial charge in [-0.2, -0.15) is 0 Å². The fourth-order valence-electron chi connectivity index (χ4n) is 2.74. The Balaban J connectivity index is 1.79. The van der Waals surface area contributed by atoms with Gasteiger partial charge in [0.15, 0.2) is 5.96 Å². The molecule has 0 aromatic heterocycles. The molecule has 1 saturated heterocycles. The Kier molecular flexibility index (Phi) is 4.57. The highest BCUT2D eigenvalue weighted by Gasteiger charge is 2.17. The minimum atomic E-state index is -0.258. The van der Waals surface area contributed by atoms with Crippen LogP contribution < -0.4 is 5.32 Å². The number of nitrogens with zero attached hydrogens (tertiary/aromatic N) is 2. The van der Waals surface area contributed by atoms with Crippen LogP contribution in [0.2, 0.25) is 0 Å². The first-order valence-corrected chi connectivity index (χ1v) is 7.77. The second-order valence-corrected chi connectivity index (χ2v) is 5.82. The highest BCUT2D eigenvalue weighted by Crippen LogP contribution is 2.28. The van der Waals surface area contributed by atoms with Gasteiger partial charge >= 0.3 is 0 Å². The lowest BCUT2D eigenvalue weighted by atomic mass is 10.0. The molecule has 2 aromatic carbocycles. The number of hydrogen-bond acceptors (Lipinski definition) is 2. The molecular weight excluding hydrogens is 291 g/mol. The Morgan fingerprint density at radius 1 is 1.04 bits per heavy atom. The van der Waals surface area contributed by atoms with E-state index in [1.165, 1.54) is 12.1 Å². The molecule has 1 fully saturated rings. The zero-order valence-electron chi connectivity index (χ0n) is 13.2. The van der Waals surface area contributed by atoms with Crippen LogP contribution in [0.25, 0.3) is 11.1 Å². The second kappa shape index (κ2) is 6.79. The van der Waals surface area contributed by atoms with Crippen LogP contribution in [0.4, 0.5) is 10.1 Å². The van der Waals surface area contributed by atoms with Crippen molar-refractivity contribution in [1.29, 1.82) is 5.41 Å². The number of guanidine groups is 1. The maximum Gasteiger partial charge on any atom is 0.195 e. The van der Waals surface area contributed by atoms with E-state index in [1.807, 2.05) is 35.2 Å². The molecule has 0 saturated carbocycles. The van der Waals surface area contributed by atoms with E-state index >= 15 is 0 Å². The number of hydrogen-bond donors (Lipinski definition) is 2. The van der Waals surface area contributed by atoms with Crippen LogP contribution in [0, 0.1) is 11.2 Å². The maximum atomic E-state index is 13.5. The summed E-state index contributed by atoms with van der Waals surface area (Å²) in [6.07, 6.45) is 0. The monoisotopic (exact) mass is 312 g/mol. The summed E-state index contributed by atoms with van der Waals surface area (Å²) in [7, 11) is 2.09. The summed E-state index contributed by atoms with van der Waals surface area (Å²) in [4.78, 5) is 4.28. The Hall–Kier alpha value is -2.40. The predicted octanol–water partition coefficient (Wildman–Crippen LogP) is 3.09. The molecule has 23 heavy (non-hydrogen) atoms. The average Bonchev–Trinajstić information content (AvgIpc) is 2.56. The van der Waals surface area contributed by atoms with Gasteiger partial charge in [-0.05, 0) is 30.8 Å². The zero-order valence-corrected chi connectivity index (χ0v) is 13.2. The van der Waals surface area contributed by atoms with Gasteiger partial charge in [-0.25, -0.2) is 4.39 Å². The maximum absolute atomic E-state index is 13.5. The van der Waals surface area contributed by atoms with Crippen LogP contribution in [-0.4, -0.2) is 49.0 Å². The normalized spacial score (nSPS) is 15.5.